The van der Waals surface area contributed by atoms with Crippen molar-refractivity contribution in [3.8, 4) is 0 Å². The summed E-state index contributed by atoms with van der Waals surface area (Å²) in [6, 6.07) is 4.65. The molecule has 0 unspecified atom stereocenters. The summed E-state index contributed by atoms with van der Waals surface area (Å²) in [4.78, 5) is 10.9. The normalized spacial score (nSPS) is 11.2. The number of carbonyl (C=O) groups is 1. The van der Waals surface area contributed by atoms with Crippen LogP contribution in [0.15, 0.2) is 18.2 Å². The molecule has 5 nitrogen and oxygen atoms in total. The Hall–Kier alpha value is -1.27. The molecule has 0 aromatic heterocycles. The second-order valence-corrected chi connectivity index (χ2v) is 6.36. The van der Waals surface area contributed by atoms with Gasteiger partial charge < -0.3 is 10.5 Å². The molecule has 0 saturated heterocycles. The Morgan fingerprint density at radius 3 is 2.72 bits per heavy atom. The first-order chi connectivity index (χ1) is 8.34. The standard InChI is InChI=1S/C11H14ClNO4S/c1-17-11(14)4-5-18(15,16)7-8-6-9(13)2-3-10(8)12/h2-3,6H,4-5,7,13H2,1H3. The predicted molar refractivity (Wildman–Crippen MR) is 70.0 cm³/mol. The van der Waals surface area contributed by atoms with Crippen molar-refractivity contribution in [1.82, 2.24) is 0 Å². The Morgan fingerprint density at radius 1 is 1.44 bits per heavy atom. The lowest BCUT2D eigenvalue weighted by atomic mass is 10.2. The van der Waals surface area contributed by atoms with Crippen LogP contribution in [0.2, 0.25) is 5.02 Å². The van der Waals surface area contributed by atoms with Crippen molar-refractivity contribution in [3.05, 3.63) is 28.8 Å². The maximum Gasteiger partial charge on any atom is 0.306 e. The molecule has 0 saturated carbocycles. The van der Waals surface area contributed by atoms with Crippen LogP contribution < -0.4 is 5.73 Å². The first-order valence-corrected chi connectivity index (χ1v) is 7.35. The molecule has 100 valence electrons. The number of nitrogens with two attached hydrogens (primary N) is 1. The van der Waals surface area contributed by atoms with Crippen molar-refractivity contribution >= 4 is 33.1 Å². The number of carbonyl (C=O) groups excluding carboxylic acids is 1. The van der Waals surface area contributed by atoms with Crippen LogP contribution in [0, 0.1) is 0 Å². The van der Waals surface area contributed by atoms with Crippen LogP contribution in [-0.2, 0) is 25.1 Å². The van der Waals surface area contributed by atoms with Gasteiger partial charge in [0.15, 0.2) is 9.84 Å². The first kappa shape index (κ1) is 14.8. The van der Waals surface area contributed by atoms with Crippen LogP contribution in [0.5, 0.6) is 0 Å². The summed E-state index contributed by atoms with van der Waals surface area (Å²) in [6.45, 7) is 0. The van der Waals surface area contributed by atoms with E-state index in [0.717, 1.165) is 0 Å². The lowest BCUT2D eigenvalue weighted by molar-refractivity contribution is -0.140. The zero-order chi connectivity index (χ0) is 13.8. The molecule has 1 aromatic rings. The average Bonchev–Trinajstić information content (AvgIpc) is 2.30. The van der Waals surface area contributed by atoms with Gasteiger partial charge in [0.25, 0.3) is 0 Å². The highest BCUT2D eigenvalue weighted by atomic mass is 35.5. The van der Waals surface area contributed by atoms with Crippen LogP contribution >= 0.6 is 11.6 Å². The van der Waals surface area contributed by atoms with Crippen LogP contribution in [0.1, 0.15) is 12.0 Å². The summed E-state index contributed by atoms with van der Waals surface area (Å²) in [6.07, 6.45) is -0.168. The van der Waals surface area contributed by atoms with Gasteiger partial charge in [0, 0.05) is 10.7 Å². The maximum absolute atomic E-state index is 11.8. The second-order valence-electron chi connectivity index (χ2n) is 3.77. The summed E-state index contributed by atoms with van der Waals surface area (Å²) in [5.41, 5.74) is 6.44. The summed E-state index contributed by atoms with van der Waals surface area (Å²) < 4.78 is 27.9. The number of esters is 1. The van der Waals surface area contributed by atoms with E-state index in [2.05, 4.69) is 4.74 Å². The third kappa shape index (κ3) is 4.54. The molecule has 7 heteroatoms. The molecule has 0 bridgehead atoms. The molecule has 0 radical (unpaired) electrons. The number of anilines is 1. The topological polar surface area (TPSA) is 86.5 Å². The van der Waals surface area contributed by atoms with Crippen molar-refractivity contribution in [2.75, 3.05) is 18.6 Å². The quantitative estimate of drug-likeness (QED) is 0.654. The predicted octanol–water partition coefficient (Wildman–Crippen LogP) is 1.40. The highest BCUT2D eigenvalue weighted by Crippen LogP contribution is 2.21. The molecule has 0 heterocycles. The molecule has 0 aliphatic heterocycles. The van der Waals surface area contributed by atoms with Gasteiger partial charge in [-0.05, 0) is 23.8 Å². The third-order valence-corrected chi connectivity index (χ3v) is 4.24. The van der Waals surface area contributed by atoms with Crippen LogP contribution in [0.3, 0.4) is 0 Å². The molecule has 0 spiro atoms. The fraction of sp³-hybridized carbons (Fsp3) is 0.364. The average molecular weight is 292 g/mol. The molecule has 1 aromatic carbocycles. The van der Waals surface area contributed by atoms with Gasteiger partial charge in [0.05, 0.1) is 25.0 Å². The van der Waals surface area contributed by atoms with Gasteiger partial charge in [0.2, 0.25) is 0 Å². The number of rotatable bonds is 5. The molecule has 18 heavy (non-hydrogen) atoms. The molecule has 0 fully saturated rings. The van der Waals surface area contributed by atoms with E-state index in [0.29, 0.717) is 16.3 Å². The van der Waals surface area contributed by atoms with Crippen molar-refractivity contribution in [2.24, 2.45) is 0 Å². The second kappa shape index (κ2) is 6.06. The molecule has 2 N–H and O–H groups in total. The van der Waals surface area contributed by atoms with E-state index in [1.54, 1.807) is 12.1 Å². The lowest BCUT2D eigenvalue weighted by Gasteiger charge is -2.06. The summed E-state index contributed by atoms with van der Waals surface area (Å²) in [5, 5.41) is 0.339. The summed E-state index contributed by atoms with van der Waals surface area (Å²) >= 11 is 5.88. The number of sulfone groups is 1. The van der Waals surface area contributed by atoms with Crippen LogP contribution in [0.4, 0.5) is 5.69 Å². The monoisotopic (exact) mass is 291 g/mol. The zero-order valence-electron chi connectivity index (χ0n) is 9.85. The molecule has 0 amide bonds. The number of benzene rings is 1. The van der Waals surface area contributed by atoms with Crippen molar-refractivity contribution < 1.29 is 17.9 Å². The van der Waals surface area contributed by atoms with Gasteiger partial charge >= 0.3 is 5.97 Å². The van der Waals surface area contributed by atoms with E-state index in [1.807, 2.05) is 0 Å². The van der Waals surface area contributed by atoms with Gasteiger partial charge in [-0.1, -0.05) is 11.6 Å². The summed E-state index contributed by atoms with van der Waals surface area (Å²) in [7, 11) is -2.21. The van der Waals surface area contributed by atoms with E-state index >= 15 is 0 Å². The van der Waals surface area contributed by atoms with Crippen LogP contribution in [-0.4, -0.2) is 27.2 Å². The van der Waals surface area contributed by atoms with Crippen molar-refractivity contribution in [2.45, 2.75) is 12.2 Å². The van der Waals surface area contributed by atoms with Gasteiger partial charge in [0.1, 0.15) is 0 Å². The highest BCUT2D eigenvalue weighted by Gasteiger charge is 2.16. The zero-order valence-corrected chi connectivity index (χ0v) is 11.4. The molecule has 1 rings (SSSR count). The van der Waals surface area contributed by atoms with E-state index in [9.17, 15) is 13.2 Å². The van der Waals surface area contributed by atoms with Crippen LogP contribution in [0.25, 0.3) is 0 Å². The fourth-order valence-electron chi connectivity index (χ4n) is 1.36. The van der Waals surface area contributed by atoms with Gasteiger partial charge in [-0.2, -0.15) is 0 Å². The minimum Gasteiger partial charge on any atom is -0.469 e. The smallest absolute Gasteiger partial charge is 0.306 e. The number of hydrogen-bond donors (Lipinski definition) is 1. The van der Waals surface area contributed by atoms with Gasteiger partial charge in [-0.25, -0.2) is 8.42 Å². The Kier molecular flexibility index (Phi) is 4.98. The number of methoxy groups -OCH3 is 1. The Balaban J connectivity index is 2.76. The minimum atomic E-state index is -3.42. The highest BCUT2D eigenvalue weighted by molar-refractivity contribution is 7.90. The largest absolute Gasteiger partial charge is 0.469 e. The van der Waals surface area contributed by atoms with E-state index in [4.69, 9.17) is 17.3 Å². The Labute approximate surface area is 111 Å². The molecule has 0 aliphatic rings. The Bertz CT molecular complexity index is 542. The van der Waals surface area contributed by atoms with Crippen molar-refractivity contribution in [3.63, 3.8) is 0 Å². The number of nitrogen functional groups attached to an aromatic ring is 1. The molecule has 0 atom stereocenters. The Morgan fingerprint density at radius 2 is 2.11 bits per heavy atom. The van der Waals surface area contributed by atoms with Gasteiger partial charge in [-0.3, -0.25) is 4.79 Å². The molecular weight excluding hydrogens is 278 g/mol. The van der Waals surface area contributed by atoms with E-state index < -0.39 is 15.8 Å². The fourth-order valence-corrected chi connectivity index (χ4v) is 2.95. The molecule has 0 aliphatic carbocycles. The lowest BCUT2D eigenvalue weighted by Crippen LogP contribution is -2.14. The molecular formula is C11H14ClNO4S. The first-order valence-electron chi connectivity index (χ1n) is 5.15. The third-order valence-electron chi connectivity index (χ3n) is 2.29. The summed E-state index contributed by atoms with van der Waals surface area (Å²) in [5.74, 6) is -1.07. The number of ether oxygens (including phenoxy) is 1. The maximum atomic E-state index is 11.8. The van der Waals surface area contributed by atoms with Crippen molar-refractivity contribution in [1.29, 1.82) is 0 Å². The van der Waals surface area contributed by atoms with E-state index in [-0.39, 0.29) is 17.9 Å². The number of hydrogen-bond acceptors (Lipinski definition) is 5. The van der Waals surface area contributed by atoms with E-state index in [1.165, 1.54) is 13.2 Å². The van der Waals surface area contributed by atoms with Gasteiger partial charge in [-0.15, -0.1) is 0 Å². The minimum absolute atomic E-state index is 0.168. The SMILES string of the molecule is COC(=O)CCS(=O)(=O)Cc1cc(N)ccc1Cl. The number of halogens is 1.